The SMILES string of the molecule is CCOC(=O)c1c[nH]c2ccc(C=CCO)cc2c1=O. The summed E-state index contributed by atoms with van der Waals surface area (Å²) in [6.07, 6.45) is 4.65. The van der Waals surface area contributed by atoms with E-state index in [0.29, 0.717) is 10.9 Å². The number of rotatable bonds is 4. The molecule has 0 aliphatic carbocycles. The molecule has 0 aliphatic rings. The van der Waals surface area contributed by atoms with Crippen molar-refractivity contribution in [3.05, 3.63) is 51.8 Å². The summed E-state index contributed by atoms with van der Waals surface area (Å²) in [5, 5.41) is 9.17. The van der Waals surface area contributed by atoms with Crippen LogP contribution in [0.2, 0.25) is 0 Å². The van der Waals surface area contributed by atoms with Gasteiger partial charge >= 0.3 is 5.97 Å². The number of fused-ring (bicyclic) bond motifs is 1. The lowest BCUT2D eigenvalue weighted by molar-refractivity contribution is 0.0524. The zero-order chi connectivity index (χ0) is 14.5. The van der Waals surface area contributed by atoms with Crippen molar-refractivity contribution in [3.8, 4) is 0 Å². The summed E-state index contributed by atoms with van der Waals surface area (Å²) in [4.78, 5) is 26.9. The van der Waals surface area contributed by atoms with E-state index < -0.39 is 5.97 Å². The van der Waals surface area contributed by atoms with E-state index in [1.165, 1.54) is 6.20 Å². The molecule has 1 aromatic carbocycles. The number of aliphatic hydroxyl groups is 1. The van der Waals surface area contributed by atoms with Crippen LogP contribution in [0.15, 0.2) is 35.3 Å². The van der Waals surface area contributed by atoms with Crippen LogP contribution in [0.3, 0.4) is 0 Å². The van der Waals surface area contributed by atoms with Crippen LogP contribution in [0.4, 0.5) is 0 Å². The molecule has 0 atom stereocenters. The van der Waals surface area contributed by atoms with Crippen molar-refractivity contribution in [1.29, 1.82) is 0 Å². The summed E-state index contributed by atoms with van der Waals surface area (Å²) in [5.74, 6) is -0.632. The number of aromatic nitrogens is 1. The van der Waals surface area contributed by atoms with Crippen LogP contribution >= 0.6 is 0 Å². The lowest BCUT2D eigenvalue weighted by atomic mass is 10.1. The molecule has 5 nitrogen and oxygen atoms in total. The van der Waals surface area contributed by atoms with E-state index in [2.05, 4.69) is 4.98 Å². The minimum atomic E-state index is -0.632. The van der Waals surface area contributed by atoms with E-state index in [0.717, 1.165) is 5.56 Å². The lowest BCUT2D eigenvalue weighted by Gasteiger charge is -2.04. The van der Waals surface area contributed by atoms with Crippen molar-refractivity contribution < 1.29 is 14.6 Å². The van der Waals surface area contributed by atoms with Crippen LogP contribution in [-0.2, 0) is 4.74 Å². The molecule has 0 saturated carbocycles. The number of aromatic amines is 1. The Morgan fingerprint density at radius 1 is 1.45 bits per heavy atom. The van der Waals surface area contributed by atoms with E-state index in [4.69, 9.17) is 9.84 Å². The fourth-order valence-corrected chi connectivity index (χ4v) is 1.89. The molecule has 0 aliphatic heterocycles. The highest BCUT2D eigenvalue weighted by molar-refractivity contribution is 5.93. The quantitative estimate of drug-likeness (QED) is 0.831. The third-order valence-corrected chi connectivity index (χ3v) is 2.82. The first kappa shape index (κ1) is 14.0. The highest BCUT2D eigenvalue weighted by atomic mass is 16.5. The molecule has 1 aromatic heterocycles. The largest absolute Gasteiger partial charge is 0.462 e. The second-order valence-electron chi connectivity index (χ2n) is 4.14. The normalized spacial score (nSPS) is 11.1. The van der Waals surface area contributed by atoms with E-state index in [-0.39, 0.29) is 24.2 Å². The number of benzene rings is 1. The molecule has 2 rings (SSSR count). The van der Waals surface area contributed by atoms with Gasteiger partial charge in [0.15, 0.2) is 0 Å². The van der Waals surface area contributed by atoms with E-state index in [1.54, 1.807) is 31.2 Å². The van der Waals surface area contributed by atoms with Gasteiger partial charge in [-0.05, 0) is 24.6 Å². The first-order chi connectivity index (χ1) is 9.67. The average Bonchev–Trinajstić information content (AvgIpc) is 2.46. The Labute approximate surface area is 115 Å². The number of carbonyl (C=O) groups is 1. The van der Waals surface area contributed by atoms with Gasteiger partial charge in [0.05, 0.1) is 13.2 Å². The van der Waals surface area contributed by atoms with E-state index in [9.17, 15) is 9.59 Å². The second-order valence-corrected chi connectivity index (χ2v) is 4.14. The highest BCUT2D eigenvalue weighted by Gasteiger charge is 2.13. The Bertz CT molecular complexity index is 715. The Balaban J connectivity index is 2.55. The molecule has 0 saturated heterocycles. The van der Waals surface area contributed by atoms with Crippen LogP contribution < -0.4 is 5.43 Å². The van der Waals surface area contributed by atoms with E-state index in [1.807, 2.05) is 6.07 Å². The lowest BCUT2D eigenvalue weighted by Crippen LogP contribution is -2.18. The van der Waals surface area contributed by atoms with Crippen molar-refractivity contribution in [2.45, 2.75) is 6.92 Å². The van der Waals surface area contributed by atoms with Gasteiger partial charge in [-0.2, -0.15) is 0 Å². The number of nitrogens with one attached hydrogen (secondary N) is 1. The third-order valence-electron chi connectivity index (χ3n) is 2.82. The molecule has 104 valence electrons. The molecule has 0 fully saturated rings. The minimum absolute atomic E-state index is 0.0114. The van der Waals surface area contributed by atoms with Gasteiger partial charge in [0, 0.05) is 17.1 Å². The van der Waals surface area contributed by atoms with Crippen molar-refractivity contribution in [2.75, 3.05) is 13.2 Å². The van der Waals surface area contributed by atoms with Crippen molar-refractivity contribution in [1.82, 2.24) is 4.98 Å². The van der Waals surface area contributed by atoms with Gasteiger partial charge < -0.3 is 14.8 Å². The number of hydrogen-bond donors (Lipinski definition) is 2. The summed E-state index contributed by atoms with van der Waals surface area (Å²) in [7, 11) is 0. The molecule has 2 aromatic rings. The fraction of sp³-hybridized carbons (Fsp3) is 0.200. The third kappa shape index (κ3) is 2.78. The average molecular weight is 273 g/mol. The summed E-state index contributed by atoms with van der Waals surface area (Å²) in [6.45, 7) is 1.83. The molecule has 0 unspecified atom stereocenters. The number of pyridine rings is 1. The first-order valence-electron chi connectivity index (χ1n) is 6.27. The van der Waals surface area contributed by atoms with Gasteiger partial charge in [0.25, 0.3) is 0 Å². The number of H-pyrrole nitrogens is 1. The van der Waals surface area contributed by atoms with Gasteiger partial charge in [-0.3, -0.25) is 4.79 Å². The maximum atomic E-state index is 12.3. The Morgan fingerprint density at radius 2 is 2.25 bits per heavy atom. The molecule has 20 heavy (non-hydrogen) atoms. The predicted molar refractivity (Wildman–Crippen MR) is 76.6 cm³/mol. The van der Waals surface area contributed by atoms with E-state index >= 15 is 0 Å². The number of ether oxygens (including phenoxy) is 1. The Hall–Kier alpha value is -2.40. The van der Waals surface area contributed by atoms with Crippen molar-refractivity contribution in [3.63, 3.8) is 0 Å². The van der Waals surface area contributed by atoms with Gasteiger partial charge in [-0.15, -0.1) is 0 Å². The van der Waals surface area contributed by atoms with Crippen LogP contribution in [0.5, 0.6) is 0 Å². The molecule has 1 heterocycles. The number of esters is 1. The van der Waals surface area contributed by atoms with Gasteiger partial charge in [-0.1, -0.05) is 18.2 Å². The van der Waals surface area contributed by atoms with Crippen molar-refractivity contribution in [2.24, 2.45) is 0 Å². The van der Waals surface area contributed by atoms with Crippen LogP contribution in [0.1, 0.15) is 22.8 Å². The maximum absolute atomic E-state index is 12.3. The zero-order valence-electron chi connectivity index (χ0n) is 11.1. The second kappa shape index (κ2) is 6.16. The smallest absolute Gasteiger partial charge is 0.343 e. The fourth-order valence-electron chi connectivity index (χ4n) is 1.89. The molecule has 5 heteroatoms. The van der Waals surface area contributed by atoms with Gasteiger partial charge in [0.2, 0.25) is 5.43 Å². The summed E-state index contributed by atoms with van der Waals surface area (Å²) in [5.41, 5.74) is 1.04. The summed E-state index contributed by atoms with van der Waals surface area (Å²) in [6, 6.07) is 5.24. The maximum Gasteiger partial charge on any atom is 0.343 e. The number of carbonyl (C=O) groups excluding carboxylic acids is 1. The predicted octanol–water partition coefficient (Wildman–Crippen LogP) is 1.71. The molecule has 0 radical (unpaired) electrons. The molecule has 0 spiro atoms. The molecule has 0 bridgehead atoms. The summed E-state index contributed by atoms with van der Waals surface area (Å²) < 4.78 is 4.85. The minimum Gasteiger partial charge on any atom is -0.462 e. The summed E-state index contributed by atoms with van der Waals surface area (Å²) >= 11 is 0. The number of hydrogen-bond acceptors (Lipinski definition) is 4. The Morgan fingerprint density at radius 3 is 2.95 bits per heavy atom. The van der Waals surface area contributed by atoms with Gasteiger partial charge in [0.1, 0.15) is 5.56 Å². The Kier molecular flexibility index (Phi) is 4.32. The van der Waals surface area contributed by atoms with Crippen LogP contribution in [0.25, 0.3) is 17.0 Å². The standard InChI is InChI=1S/C15H15NO4/c1-2-20-15(19)12-9-16-13-6-5-10(4-3-7-17)8-11(13)14(12)18/h3-6,8-9,17H,2,7H2,1H3,(H,16,18). The topological polar surface area (TPSA) is 79.4 Å². The molecule has 0 amide bonds. The van der Waals surface area contributed by atoms with Crippen LogP contribution in [-0.4, -0.2) is 29.3 Å². The molecule has 2 N–H and O–H groups in total. The van der Waals surface area contributed by atoms with Gasteiger partial charge in [-0.25, -0.2) is 4.79 Å². The number of aliphatic hydroxyl groups excluding tert-OH is 1. The monoisotopic (exact) mass is 273 g/mol. The van der Waals surface area contributed by atoms with Crippen LogP contribution in [0, 0.1) is 0 Å². The molecular weight excluding hydrogens is 258 g/mol. The van der Waals surface area contributed by atoms with Crippen molar-refractivity contribution >= 4 is 22.9 Å². The molecular formula is C15H15NO4. The first-order valence-corrected chi connectivity index (χ1v) is 6.27. The highest BCUT2D eigenvalue weighted by Crippen LogP contribution is 2.13. The zero-order valence-corrected chi connectivity index (χ0v) is 11.1.